The van der Waals surface area contributed by atoms with Gasteiger partial charge >= 0.3 is 5.97 Å². The molecule has 0 saturated heterocycles. The number of Topliss-reactive ketones (excluding diaryl/α,β-unsaturated/α-hetero) is 1. The van der Waals surface area contributed by atoms with Gasteiger partial charge in [0.05, 0.1) is 6.42 Å². The summed E-state index contributed by atoms with van der Waals surface area (Å²) in [4.78, 5) is 22.4. The van der Waals surface area contributed by atoms with Crippen molar-refractivity contribution in [2.75, 3.05) is 0 Å². The largest absolute Gasteiger partial charge is 0.481 e. The van der Waals surface area contributed by atoms with Gasteiger partial charge in [-0.1, -0.05) is 12.1 Å². The lowest BCUT2D eigenvalue weighted by atomic mass is 9.89. The number of aliphatic carboxylic acids is 1. The molecule has 18 heavy (non-hydrogen) atoms. The lowest BCUT2D eigenvalue weighted by molar-refractivity contribution is -0.136. The number of rotatable bonds is 4. The number of carboxylic acid groups (broad SMARTS) is 1. The van der Waals surface area contributed by atoms with E-state index >= 15 is 0 Å². The summed E-state index contributed by atoms with van der Waals surface area (Å²) in [6.45, 7) is 0. The average Bonchev–Trinajstić information content (AvgIpc) is 2.96. The zero-order valence-electron chi connectivity index (χ0n) is 10.2. The van der Waals surface area contributed by atoms with Crippen molar-refractivity contribution in [2.24, 2.45) is 0 Å². The molecule has 2 atom stereocenters. The van der Waals surface area contributed by atoms with E-state index in [1.54, 1.807) is 0 Å². The minimum absolute atomic E-state index is 0.0528. The zero-order valence-corrected chi connectivity index (χ0v) is 10.2. The predicted octanol–water partition coefficient (Wildman–Crippen LogP) is 3.10. The molecule has 1 N–H and O–H groups in total. The molecule has 2 aliphatic rings. The maximum Gasteiger partial charge on any atom is 0.303 e. The fraction of sp³-hybridized carbons (Fsp3) is 0.467. The fourth-order valence-corrected chi connectivity index (χ4v) is 3.38. The van der Waals surface area contributed by atoms with Gasteiger partial charge in [0.1, 0.15) is 0 Å². The molecule has 0 amide bonds. The second-order valence-corrected chi connectivity index (χ2v) is 5.37. The molecule has 1 aromatic rings. The summed E-state index contributed by atoms with van der Waals surface area (Å²) in [5.74, 6) is 0.372. The standard InChI is InChI=1S/C15H16O3/c16-14(5-6-15(17)18)11-3-4-12-9-1-2-10(7-9)13(12)8-11/h3-4,8-10H,1-2,5-7H2,(H,17,18). The Balaban J connectivity index is 1.81. The van der Waals surface area contributed by atoms with Crippen molar-refractivity contribution >= 4 is 11.8 Å². The highest BCUT2D eigenvalue weighted by Gasteiger charge is 2.36. The van der Waals surface area contributed by atoms with Crippen molar-refractivity contribution in [3.63, 3.8) is 0 Å². The molecule has 94 valence electrons. The van der Waals surface area contributed by atoms with Crippen LogP contribution in [0.5, 0.6) is 0 Å². The van der Waals surface area contributed by atoms with Gasteiger partial charge in [-0.15, -0.1) is 0 Å². The first-order valence-electron chi connectivity index (χ1n) is 6.54. The van der Waals surface area contributed by atoms with E-state index in [1.807, 2.05) is 12.1 Å². The SMILES string of the molecule is O=C(O)CCC(=O)c1ccc2c(c1)C1CCC2C1. The Morgan fingerprint density at radius 1 is 1.11 bits per heavy atom. The molecule has 2 aliphatic carbocycles. The predicted molar refractivity (Wildman–Crippen MR) is 67.0 cm³/mol. The number of carboxylic acids is 1. The smallest absolute Gasteiger partial charge is 0.303 e. The lowest BCUT2D eigenvalue weighted by Gasteiger charge is -2.15. The molecule has 1 fully saturated rings. The topological polar surface area (TPSA) is 54.4 Å². The first-order chi connectivity index (χ1) is 8.65. The van der Waals surface area contributed by atoms with Crippen LogP contribution in [0.15, 0.2) is 18.2 Å². The van der Waals surface area contributed by atoms with Crippen LogP contribution in [0.3, 0.4) is 0 Å². The van der Waals surface area contributed by atoms with Crippen LogP contribution in [-0.2, 0) is 4.79 Å². The minimum Gasteiger partial charge on any atom is -0.481 e. The molecule has 3 heteroatoms. The number of ketones is 1. The summed E-state index contributed by atoms with van der Waals surface area (Å²) in [5.41, 5.74) is 3.44. The Morgan fingerprint density at radius 3 is 2.56 bits per heavy atom. The summed E-state index contributed by atoms with van der Waals surface area (Å²) in [7, 11) is 0. The molecule has 0 aromatic heterocycles. The van der Waals surface area contributed by atoms with Gasteiger partial charge in [-0.3, -0.25) is 9.59 Å². The van der Waals surface area contributed by atoms with Crippen LogP contribution in [0, 0.1) is 0 Å². The molecular weight excluding hydrogens is 228 g/mol. The van der Waals surface area contributed by atoms with Gasteiger partial charge in [0.25, 0.3) is 0 Å². The van der Waals surface area contributed by atoms with E-state index in [9.17, 15) is 9.59 Å². The third-order valence-electron chi connectivity index (χ3n) is 4.29. The number of benzene rings is 1. The van der Waals surface area contributed by atoms with Gasteiger partial charge in [0.15, 0.2) is 5.78 Å². The van der Waals surface area contributed by atoms with Gasteiger partial charge in [0, 0.05) is 12.0 Å². The monoisotopic (exact) mass is 244 g/mol. The van der Waals surface area contributed by atoms with E-state index in [-0.39, 0.29) is 18.6 Å². The molecule has 1 aromatic carbocycles. The van der Waals surface area contributed by atoms with E-state index in [1.165, 1.54) is 30.4 Å². The lowest BCUT2D eigenvalue weighted by Crippen LogP contribution is -2.06. The van der Waals surface area contributed by atoms with Crippen LogP contribution in [-0.4, -0.2) is 16.9 Å². The average molecular weight is 244 g/mol. The number of hydrogen-bond donors (Lipinski definition) is 1. The summed E-state index contributed by atoms with van der Waals surface area (Å²) >= 11 is 0. The minimum atomic E-state index is -0.913. The van der Waals surface area contributed by atoms with Crippen molar-refractivity contribution in [1.82, 2.24) is 0 Å². The first-order valence-corrected chi connectivity index (χ1v) is 6.54. The third-order valence-corrected chi connectivity index (χ3v) is 4.29. The molecule has 2 unspecified atom stereocenters. The molecule has 1 saturated carbocycles. The summed E-state index contributed by atoms with van der Waals surface area (Å²) < 4.78 is 0. The Kier molecular flexibility index (Phi) is 2.69. The number of carbonyl (C=O) groups is 2. The summed E-state index contributed by atoms with van der Waals surface area (Å²) in [6.07, 6.45) is 3.78. The van der Waals surface area contributed by atoms with E-state index in [2.05, 4.69) is 6.07 Å². The van der Waals surface area contributed by atoms with E-state index in [0.717, 1.165) is 0 Å². The number of hydrogen-bond acceptors (Lipinski definition) is 2. The summed E-state index contributed by atoms with van der Waals surface area (Å²) in [6, 6.07) is 5.94. The van der Waals surface area contributed by atoms with Gasteiger partial charge in [-0.25, -0.2) is 0 Å². The summed E-state index contributed by atoms with van der Waals surface area (Å²) in [5, 5.41) is 8.60. The van der Waals surface area contributed by atoms with Crippen molar-refractivity contribution in [3.8, 4) is 0 Å². The maximum absolute atomic E-state index is 11.9. The highest BCUT2D eigenvalue weighted by Crippen LogP contribution is 2.53. The Hall–Kier alpha value is -1.64. The normalized spacial score (nSPS) is 24.0. The number of fused-ring (bicyclic) bond motifs is 5. The van der Waals surface area contributed by atoms with Gasteiger partial charge < -0.3 is 5.11 Å². The molecule has 0 heterocycles. The Morgan fingerprint density at radius 2 is 1.83 bits per heavy atom. The molecule has 0 spiro atoms. The molecule has 0 radical (unpaired) electrons. The van der Waals surface area contributed by atoms with Crippen molar-refractivity contribution in [1.29, 1.82) is 0 Å². The zero-order chi connectivity index (χ0) is 12.7. The maximum atomic E-state index is 11.9. The molecule has 0 aliphatic heterocycles. The van der Waals surface area contributed by atoms with Crippen molar-refractivity contribution < 1.29 is 14.7 Å². The van der Waals surface area contributed by atoms with Crippen molar-refractivity contribution in [3.05, 3.63) is 34.9 Å². The number of carbonyl (C=O) groups excluding carboxylic acids is 1. The van der Waals surface area contributed by atoms with Crippen LogP contribution >= 0.6 is 0 Å². The van der Waals surface area contributed by atoms with E-state index < -0.39 is 5.97 Å². The van der Waals surface area contributed by atoms with Gasteiger partial charge in [-0.05, 0) is 48.3 Å². The van der Waals surface area contributed by atoms with Crippen LogP contribution in [0.4, 0.5) is 0 Å². The van der Waals surface area contributed by atoms with E-state index in [4.69, 9.17) is 5.11 Å². The molecular formula is C15H16O3. The van der Waals surface area contributed by atoms with E-state index in [0.29, 0.717) is 17.4 Å². The van der Waals surface area contributed by atoms with Crippen LogP contribution in [0.25, 0.3) is 0 Å². The van der Waals surface area contributed by atoms with Crippen LogP contribution in [0.1, 0.15) is 65.4 Å². The second-order valence-electron chi connectivity index (χ2n) is 5.37. The highest BCUT2D eigenvalue weighted by atomic mass is 16.4. The quantitative estimate of drug-likeness (QED) is 0.828. The molecule has 3 rings (SSSR count). The fourth-order valence-electron chi connectivity index (χ4n) is 3.38. The van der Waals surface area contributed by atoms with Gasteiger partial charge in [-0.2, -0.15) is 0 Å². The molecule has 3 nitrogen and oxygen atoms in total. The van der Waals surface area contributed by atoms with Gasteiger partial charge in [0.2, 0.25) is 0 Å². The third kappa shape index (κ3) is 1.84. The highest BCUT2D eigenvalue weighted by molar-refractivity contribution is 5.97. The van der Waals surface area contributed by atoms with Crippen LogP contribution < -0.4 is 0 Å². The molecule has 2 bridgehead atoms. The Bertz CT molecular complexity index is 518. The van der Waals surface area contributed by atoms with Crippen molar-refractivity contribution in [2.45, 2.75) is 43.9 Å². The van der Waals surface area contributed by atoms with Crippen LogP contribution in [0.2, 0.25) is 0 Å². The first kappa shape index (κ1) is 11.5. The Labute approximate surface area is 106 Å². The second kappa shape index (κ2) is 4.23.